The number of ether oxygens (including phenoxy) is 4. The Morgan fingerprint density at radius 2 is 1.29 bits per heavy atom. The van der Waals surface area contributed by atoms with E-state index in [-0.39, 0.29) is 33.5 Å². The third-order valence-electron chi connectivity index (χ3n) is 9.92. The molecule has 59 heavy (non-hydrogen) atoms. The minimum atomic E-state index is -4.97. The van der Waals surface area contributed by atoms with Crippen LogP contribution in [0, 0.1) is 5.82 Å². The standard InChI is InChI=1S/C42H42FN3O11S2/c1-54-32-17-20-36(21-18-32)58(50,51)46(31-9-6-11-34(25-31)56-3)41(42(48)49)37-26-35(57-4)19-22-39(37)59(52,53)45(30-8-5-10-33(24-30)55-2)27-40(47)44-23-7-12-38(44)28-13-15-29(43)16-14-28/h5-6,8-11,13-22,24-26,38,41H,7,12,23,27H2,1-4H3,(H,48,49). The molecule has 1 aliphatic heterocycles. The molecule has 17 heteroatoms. The van der Waals surface area contributed by atoms with Gasteiger partial charge >= 0.3 is 5.97 Å². The number of hydrogen-bond donors (Lipinski definition) is 1. The predicted molar refractivity (Wildman–Crippen MR) is 217 cm³/mol. The van der Waals surface area contributed by atoms with Gasteiger partial charge in [-0.3, -0.25) is 9.10 Å². The third kappa shape index (κ3) is 8.75. The number of nitrogens with zero attached hydrogens (tertiary/aromatic N) is 3. The number of halogens is 1. The number of carbonyl (C=O) groups is 2. The molecule has 6 rings (SSSR count). The molecule has 0 aliphatic carbocycles. The number of carboxylic acids is 1. The van der Waals surface area contributed by atoms with Gasteiger partial charge in [0.2, 0.25) is 5.91 Å². The first kappa shape index (κ1) is 42.3. The molecule has 14 nitrogen and oxygen atoms in total. The van der Waals surface area contributed by atoms with E-state index in [1.54, 1.807) is 18.2 Å². The molecule has 1 fully saturated rings. The number of benzene rings is 5. The van der Waals surface area contributed by atoms with Crippen molar-refractivity contribution in [2.45, 2.75) is 34.7 Å². The van der Waals surface area contributed by atoms with Crippen LogP contribution in [0.4, 0.5) is 15.8 Å². The van der Waals surface area contributed by atoms with Crippen LogP contribution in [-0.4, -0.2) is 80.2 Å². The van der Waals surface area contributed by atoms with Crippen LogP contribution in [0.2, 0.25) is 0 Å². The van der Waals surface area contributed by atoms with Crippen molar-refractivity contribution in [3.05, 3.63) is 132 Å². The van der Waals surface area contributed by atoms with Crippen molar-refractivity contribution in [2.75, 3.05) is 50.1 Å². The van der Waals surface area contributed by atoms with Gasteiger partial charge in [-0.2, -0.15) is 0 Å². The van der Waals surface area contributed by atoms with Crippen molar-refractivity contribution in [1.82, 2.24) is 4.90 Å². The topological polar surface area (TPSA) is 169 Å². The Morgan fingerprint density at radius 1 is 0.729 bits per heavy atom. The molecule has 1 aliphatic rings. The summed E-state index contributed by atoms with van der Waals surface area (Å²) in [5.74, 6) is -1.99. The quantitative estimate of drug-likeness (QED) is 0.116. The third-order valence-corrected chi connectivity index (χ3v) is 13.6. The Hall–Kier alpha value is -6.33. The fraction of sp³-hybridized carbons (Fsp3) is 0.238. The van der Waals surface area contributed by atoms with E-state index >= 15 is 8.42 Å². The van der Waals surface area contributed by atoms with Crippen LogP contribution in [-0.2, 0) is 29.6 Å². The van der Waals surface area contributed by atoms with Crippen LogP contribution in [0.1, 0.15) is 36.1 Å². The van der Waals surface area contributed by atoms with Crippen molar-refractivity contribution >= 4 is 43.3 Å². The molecule has 1 amide bonds. The fourth-order valence-electron chi connectivity index (χ4n) is 7.01. The summed E-state index contributed by atoms with van der Waals surface area (Å²) in [6.07, 6.45) is 1.15. The molecule has 0 radical (unpaired) electrons. The molecular weight excluding hydrogens is 806 g/mol. The molecular formula is C42H42FN3O11S2. The van der Waals surface area contributed by atoms with E-state index in [0.717, 1.165) is 16.4 Å². The van der Waals surface area contributed by atoms with Gasteiger partial charge in [0.25, 0.3) is 20.0 Å². The average Bonchev–Trinajstić information content (AvgIpc) is 3.74. The fourth-order valence-corrected chi connectivity index (χ4v) is 10.2. The number of carboxylic acid groups (broad SMARTS) is 1. The molecule has 0 aromatic heterocycles. The van der Waals surface area contributed by atoms with E-state index < -0.39 is 66.8 Å². The summed E-state index contributed by atoms with van der Waals surface area (Å²) < 4.78 is 96.8. The number of amides is 1. The number of sulfonamides is 2. The first-order valence-electron chi connectivity index (χ1n) is 18.2. The molecule has 310 valence electrons. The summed E-state index contributed by atoms with van der Waals surface area (Å²) in [4.78, 5) is 28.6. The maximum absolute atomic E-state index is 15.3. The van der Waals surface area contributed by atoms with Gasteiger partial charge < -0.3 is 29.0 Å². The van der Waals surface area contributed by atoms with Gasteiger partial charge in [-0.15, -0.1) is 0 Å². The zero-order valence-corrected chi connectivity index (χ0v) is 34.2. The van der Waals surface area contributed by atoms with Crippen LogP contribution in [0.5, 0.6) is 23.0 Å². The lowest BCUT2D eigenvalue weighted by atomic mass is 10.0. The van der Waals surface area contributed by atoms with Gasteiger partial charge in [0.05, 0.1) is 55.6 Å². The number of rotatable bonds is 16. The van der Waals surface area contributed by atoms with Crippen molar-refractivity contribution < 1.29 is 54.9 Å². The SMILES string of the molecule is COc1ccc(S(=O)(=O)N(c2cccc(OC)c2)C(C(=O)O)c2cc(OC)ccc2S(=O)(=O)N(CC(=O)N2CCCC2c2ccc(F)cc2)c2cccc(OC)c2)cc1. The number of methoxy groups -OCH3 is 4. The van der Waals surface area contributed by atoms with Gasteiger partial charge in [-0.25, -0.2) is 30.3 Å². The largest absolute Gasteiger partial charge is 0.497 e. The Labute approximate surface area is 342 Å². The highest BCUT2D eigenvalue weighted by molar-refractivity contribution is 7.93. The van der Waals surface area contributed by atoms with Crippen LogP contribution >= 0.6 is 0 Å². The van der Waals surface area contributed by atoms with E-state index in [4.69, 9.17) is 18.9 Å². The monoisotopic (exact) mass is 847 g/mol. The second-order valence-corrected chi connectivity index (χ2v) is 17.0. The van der Waals surface area contributed by atoms with Crippen molar-refractivity contribution in [1.29, 1.82) is 0 Å². The van der Waals surface area contributed by atoms with Gasteiger partial charge in [0.15, 0.2) is 6.04 Å². The summed E-state index contributed by atoms with van der Waals surface area (Å²) in [7, 11) is -4.39. The second kappa shape index (κ2) is 17.7. The smallest absolute Gasteiger partial charge is 0.332 e. The molecule has 5 aromatic carbocycles. The van der Waals surface area contributed by atoms with E-state index in [0.29, 0.717) is 35.0 Å². The van der Waals surface area contributed by atoms with Gasteiger partial charge in [0.1, 0.15) is 35.4 Å². The Kier molecular flexibility index (Phi) is 12.7. The number of likely N-dealkylation sites (tertiary alicyclic amines) is 1. The lowest BCUT2D eigenvalue weighted by molar-refractivity contribution is -0.138. The minimum Gasteiger partial charge on any atom is -0.497 e. The maximum atomic E-state index is 15.3. The maximum Gasteiger partial charge on any atom is 0.332 e. The summed E-state index contributed by atoms with van der Waals surface area (Å²) in [5.41, 5.74) is 0.00626. The highest BCUT2D eigenvalue weighted by atomic mass is 32.2. The molecule has 0 saturated carbocycles. The minimum absolute atomic E-state index is 0.000576. The van der Waals surface area contributed by atoms with Crippen molar-refractivity contribution in [3.63, 3.8) is 0 Å². The van der Waals surface area contributed by atoms with Crippen LogP contribution in [0.15, 0.2) is 125 Å². The Morgan fingerprint density at radius 3 is 1.88 bits per heavy atom. The van der Waals surface area contributed by atoms with Gasteiger partial charge in [-0.05, 0) is 97.3 Å². The van der Waals surface area contributed by atoms with Gasteiger partial charge in [-0.1, -0.05) is 24.3 Å². The number of aliphatic carboxylic acids is 1. The number of carbonyl (C=O) groups excluding carboxylic acids is 1. The molecule has 0 spiro atoms. The zero-order chi connectivity index (χ0) is 42.5. The Bertz CT molecular complexity index is 2540. The molecule has 2 unspecified atom stereocenters. The van der Waals surface area contributed by atoms with E-state index in [2.05, 4.69) is 0 Å². The Balaban J connectivity index is 1.54. The van der Waals surface area contributed by atoms with Crippen LogP contribution < -0.4 is 27.6 Å². The first-order valence-corrected chi connectivity index (χ1v) is 21.1. The second-order valence-electron chi connectivity index (χ2n) is 13.3. The first-order chi connectivity index (χ1) is 28.2. The highest BCUT2D eigenvalue weighted by Gasteiger charge is 2.43. The molecule has 1 N–H and O–H groups in total. The normalized spacial score (nSPS) is 14.6. The summed E-state index contributed by atoms with van der Waals surface area (Å²) in [6, 6.07) is 23.4. The van der Waals surface area contributed by atoms with E-state index in [1.807, 2.05) is 0 Å². The van der Waals surface area contributed by atoms with Crippen LogP contribution in [0.25, 0.3) is 0 Å². The van der Waals surface area contributed by atoms with Gasteiger partial charge in [0, 0.05) is 24.2 Å². The average molecular weight is 848 g/mol. The molecule has 5 aromatic rings. The summed E-state index contributed by atoms with van der Waals surface area (Å²) in [6.45, 7) is -0.458. The van der Waals surface area contributed by atoms with Crippen molar-refractivity contribution in [3.8, 4) is 23.0 Å². The zero-order valence-electron chi connectivity index (χ0n) is 32.5. The van der Waals surface area contributed by atoms with Crippen molar-refractivity contribution in [2.24, 2.45) is 0 Å². The number of anilines is 2. The summed E-state index contributed by atoms with van der Waals surface area (Å²) >= 11 is 0. The number of hydrogen-bond acceptors (Lipinski definition) is 10. The van der Waals surface area contributed by atoms with E-state index in [9.17, 15) is 27.5 Å². The summed E-state index contributed by atoms with van der Waals surface area (Å²) in [5, 5.41) is 11.1. The molecule has 0 bridgehead atoms. The lowest BCUT2D eigenvalue weighted by Gasteiger charge is -2.33. The predicted octanol–water partition coefficient (Wildman–Crippen LogP) is 6.44. The molecule has 1 heterocycles. The lowest BCUT2D eigenvalue weighted by Crippen LogP contribution is -2.44. The van der Waals surface area contributed by atoms with E-state index in [1.165, 1.54) is 118 Å². The molecule has 2 atom stereocenters. The highest BCUT2D eigenvalue weighted by Crippen LogP contribution is 2.41. The molecule has 1 saturated heterocycles. The van der Waals surface area contributed by atoms with Crippen LogP contribution in [0.3, 0.4) is 0 Å².